The largest absolute Gasteiger partial charge is 0.490 e. The number of ether oxygens (including phenoxy) is 2. The SMILES string of the molecule is Cc1noc(C)c1CC(=O)OCCOc1ccc(S(N)(=O)=O)cc1. The Morgan fingerprint density at radius 2 is 1.88 bits per heavy atom. The third kappa shape index (κ3) is 4.80. The quantitative estimate of drug-likeness (QED) is 0.583. The van der Waals surface area contributed by atoms with Crippen LogP contribution in [0, 0.1) is 13.8 Å². The number of nitrogens with two attached hydrogens (primary N) is 1. The minimum Gasteiger partial charge on any atom is -0.490 e. The molecule has 2 rings (SSSR count). The summed E-state index contributed by atoms with van der Waals surface area (Å²) in [6.45, 7) is 3.70. The molecular formula is C15H18N2O6S. The Morgan fingerprint density at radius 3 is 2.42 bits per heavy atom. The average Bonchev–Trinajstić information content (AvgIpc) is 2.83. The van der Waals surface area contributed by atoms with Gasteiger partial charge in [0.25, 0.3) is 0 Å². The molecule has 0 bridgehead atoms. The molecule has 0 aliphatic carbocycles. The second-order valence-electron chi connectivity index (χ2n) is 5.06. The van der Waals surface area contributed by atoms with E-state index in [0.717, 1.165) is 5.56 Å². The first kappa shape index (κ1) is 18.0. The normalized spacial score (nSPS) is 11.3. The van der Waals surface area contributed by atoms with Crippen LogP contribution in [0.3, 0.4) is 0 Å². The molecule has 2 N–H and O–H groups in total. The molecule has 0 amide bonds. The van der Waals surface area contributed by atoms with Gasteiger partial charge in [0.1, 0.15) is 24.7 Å². The van der Waals surface area contributed by atoms with Gasteiger partial charge in [0.2, 0.25) is 10.0 Å². The van der Waals surface area contributed by atoms with Crippen LogP contribution >= 0.6 is 0 Å². The predicted molar refractivity (Wildman–Crippen MR) is 84.0 cm³/mol. The van der Waals surface area contributed by atoms with Gasteiger partial charge in [-0.3, -0.25) is 4.79 Å². The summed E-state index contributed by atoms with van der Waals surface area (Å²) >= 11 is 0. The molecule has 9 heteroatoms. The Hall–Kier alpha value is -2.39. The van der Waals surface area contributed by atoms with Gasteiger partial charge in [0.15, 0.2) is 0 Å². The number of sulfonamides is 1. The van der Waals surface area contributed by atoms with Crippen molar-refractivity contribution in [3.05, 3.63) is 41.3 Å². The topological polar surface area (TPSA) is 122 Å². The second kappa shape index (κ2) is 7.45. The van der Waals surface area contributed by atoms with Crippen LogP contribution in [0.25, 0.3) is 0 Å². The molecule has 0 aliphatic rings. The van der Waals surface area contributed by atoms with Gasteiger partial charge in [-0.15, -0.1) is 0 Å². The van der Waals surface area contributed by atoms with E-state index in [1.54, 1.807) is 13.8 Å². The Kier molecular flexibility index (Phi) is 5.58. The van der Waals surface area contributed by atoms with Crippen molar-refractivity contribution in [2.45, 2.75) is 25.2 Å². The van der Waals surface area contributed by atoms with Crippen LogP contribution in [-0.2, 0) is 26.0 Å². The average molecular weight is 354 g/mol. The van der Waals surface area contributed by atoms with Crippen molar-refractivity contribution in [3.63, 3.8) is 0 Å². The van der Waals surface area contributed by atoms with Gasteiger partial charge in [-0.25, -0.2) is 13.6 Å². The highest BCUT2D eigenvalue weighted by Gasteiger charge is 2.14. The molecule has 0 radical (unpaired) electrons. The number of aromatic nitrogens is 1. The summed E-state index contributed by atoms with van der Waals surface area (Å²) in [5, 5.41) is 8.77. The van der Waals surface area contributed by atoms with Crippen molar-refractivity contribution >= 4 is 16.0 Å². The van der Waals surface area contributed by atoms with E-state index in [1.165, 1.54) is 24.3 Å². The zero-order valence-electron chi connectivity index (χ0n) is 13.3. The molecule has 1 heterocycles. The molecule has 0 aliphatic heterocycles. The van der Waals surface area contributed by atoms with E-state index < -0.39 is 16.0 Å². The molecule has 0 spiro atoms. The molecule has 0 unspecified atom stereocenters. The van der Waals surface area contributed by atoms with Gasteiger partial charge in [-0.05, 0) is 38.1 Å². The summed E-state index contributed by atoms with van der Waals surface area (Å²) < 4.78 is 37.7. The van der Waals surface area contributed by atoms with Crippen LogP contribution < -0.4 is 9.88 Å². The number of carbonyl (C=O) groups is 1. The van der Waals surface area contributed by atoms with Crippen LogP contribution in [0.1, 0.15) is 17.0 Å². The Labute approximate surface area is 139 Å². The fourth-order valence-corrected chi connectivity index (χ4v) is 2.51. The number of rotatable bonds is 7. The highest BCUT2D eigenvalue weighted by atomic mass is 32.2. The monoisotopic (exact) mass is 354 g/mol. The smallest absolute Gasteiger partial charge is 0.310 e. The second-order valence-corrected chi connectivity index (χ2v) is 6.63. The van der Waals surface area contributed by atoms with Crippen molar-refractivity contribution < 1.29 is 27.2 Å². The van der Waals surface area contributed by atoms with E-state index in [2.05, 4.69) is 5.16 Å². The number of nitrogens with zero attached hydrogens (tertiary/aromatic N) is 1. The van der Waals surface area contributed by atoms with E-state index in [-0.39, 0.29) is 24.5 Å². The summed E-state index contributed by atoms with van der Waals surface area (Å²) in [6.07, 6.45) is 0.0875. The lowest BCUT2D eigenvalue weighted by molar-refractivity contribution is -0.143. The number of aryl methyl sites for hydroxylation is 2. The number of primary sulfonamides is 1. The number of benzene rings is 1. The number of carbonyl (C=O) groups excluding carboxylic acids is 1. The fourth-order valence-electron chi connectivity index (χ4n) is 1.99. The highest BCUT2D eigenvalue weighted by Crippen LogP contribution is 2.15. The van der Waals surface area contributed by atoms with Crippen LogP contribution in [-0.4, -0.2) is 32.8 Å². The molecular weight excluding hydrogens is 336 g/mol. The molecule has 1 aromatic heterocycles. The maximum absolute atomic E-state index is 11.8. The van der Waals surface area contributed by atoms with Crippen LogP contribution in [0.15, 0.2) is 33.7 Å². The van der Waals surface area contributed by atoms with Gasteiger partial charge in [-0.1, -0.05) is 5.16 Å². The Morgan fingerprint density at radius 1 is 1.21 bits per heavy atom. The van der Waals surface area contributed by atoms with Crippen molar-refractivity contribution in [1.82, 2.24) is 5.16 Å². The van der Waals surface area contributed by atoms with E-state index >= 15 is 0 Å². The van der Waals surface area contributed by atoms with Crippen molar-refractivity contribution in [1.29, 1.82) is 0 Å². The maximum atomic E-state index is 11.8. The molecule has 0 saturated carbocycles. The summed E-state index contributed by atoms with van der Waals surface area (Å²) in [7, 11) is -3.73. The summed E-state index contributed by atoms with van der Waals surface area (Å²) in [5.74, 6) is 0.636. The Balaban J connectivity index is 1.76. The standard InChI is InChI=1S/C15H18N2O6S/c1-10-14(11(2)23-17-10)9-15(18)22-8-7-21-12-3-5-13(6-4-12)24(16,19)20/h3-6H,7-9H2,1-2H3,(H2,16,19,20). The lowest BCUT2D eigenvalue weighted by Gasteiger charge is -2.08. The maximum Gasteiger partial charge on any atom is 0.310 e. The van der Waals surface area contributed by atoms with Crippen molar-refractivity contribution in [2.75, 3.05) is 13.2 Å². The molecule has 0 atom stereocenters. The first-order chi connectivity index (χ1) is 11.3. The lowest BCUT2D eigenvalue weighted by atomic mass is 10.1. The highest BCUT2D eigenvalue weighted by molar-refractivity contribution is 7.89. The van der Waals surface area contributed by atoms with Gasteiger partial charge in [0, 0.05) is 5.56 Å². The van der Waals surface area contributed by atoms with Crippen LogP contribution in [0.2, 0.25) is 0 Å². The van der Waals surface area contributed by atoms with Gasteiger partial charge < -0.3 is 14.0 Å². The number of esters is 1. The fraction of sp³-hybridized carbons (Fsp3) is 0.333. The van der Waals surface area contributed by atoms with Gasteiger partial charge in [-0.2, -0.15) is 0 Å². The molecule has 2 aromatic rings. The first-order valence-corrected chi connectivity index (χ1v) is 8.65. The van der Waals surface area contributed by atoms with E-state index in [9.17, 15) is 13.2 Å². The molecule has 0 fully saturated rings. The molecule has 0 saturated heterocycles. The molecule has 8 nitrogen and oxygen atoms in total. The Bertz CT molecular complexity index is 791. The van der Waals surface area contributed by atoms with Crippen LogP contribution in [0.5, 0.6) is 5.75 Å². The predicted octanol–water partition coefficient (Wildman–Crippen LogP) is 1.10. The summed E-state index contributed by atoms with van der Waals surface area (Å²) in [6, 6.07) is 5.64. The molecule has 1 aromatic carbocycles. The number of hydrogen-bond acceptors (Lipinski definition) is 7. The van der Waals surface area contributed by atoms with E-state index in [0.29, 0.717) is 17.2 Å². The zero-order chi connectivity index (χ0) is 17.7. The molecule has 130 valence electrons. The van der Waals surface area contributed by atoms with E-state index in [4.69, 9.17) is 19.1 Å². The van der Waals surface area contributed by atoms with Crippen molar-refractivity contribution in [2.24, 2.45) is 5.14 Å². The molecule has 24 heavy (non-hydrogen) atoms. The third-order valence-electron chi connectivity index (χ3n) is 3.27. The van der Waals surface area contributed by atoms with Gasteiger partial charge in [0.05, 0.1) is 17.0 Å². The minimum absolute atomic E-state index is 0.000684. The van der Waals surface area contributed by atoms with Crippen molar-refractivity contribution in [3.8, 4) is 5.75 Å². The zero-order valence-corrected chi connectivity index (χ0v) is 14.1. The minimum atomic E-state index is -3.73. The number of hydrogen-bond donors (Lipinski definition) is 1. The summed E-state index contributed by atoms with van der Waals surface area (Å²) in [4.78, 5) is 11.8. The van der Waals surface area contributed by atoms with Crippen LogP contribution in [0.4, 0.5) is 0 Å². The first-order valence-electron chi connectivity index (χ1n) is 7.10. The third-order valence-corrected chi connectivity index (χ3v) is 4.20. The van der Waals surface area contributed by atoms with Gasteiger partial charge >= 0.3 is 5.97 Å². The lowest BCUT2D eigenvalue weighted by Crippen LogP contribution is -2.15. The summed E-state index contributed by atoms with van der Waals surface area (Å²) in [5.41, 5.74) is 1.38. The van der Waals surface area contributed by atoms with E-state index in [1.807, 2.05) is 0 Å².